The Labute approximate surface area is 264 Å². The third-order valence-electron chi connectivity index (χ3n) is 5.93. The molecule has 0 atom stereocenters. The predicted octanol–water partition coefficient (Wildman–Crippen LogP) is 5.94. The first-order chi connectivity index (χ1) is 20.3. The van der Waals surface area contributed by atoms with Gasteiger partial charge in [-0.3, -0.25) is 9.13 Å². The van der Waals surface area contributed by atoms with Gasteiger partial charge in [0.2, 0.25) is 0 Å². The molecule has 0 aromatic heterocycles. The Morgan fingerprint density at radius 3 is 0.767 bits per heavy atom. The second-order valence-corrected chi connectivity index (χ2v) is 12.0. The number of hydrogen-bond acceptors (Lipinski definition) is 8. The van der Waals surface area contributed by atoms with Crippen LogP contribution in [0.25, 0.3) is 0 Å². The van der Waals surface area contributed by atoms with Crippen molar-refractivity contribution < 1.29 is 53.5 Å². The molecule has 0 bridgehead atoms. The van der Waals surface area contributed by atoms with Crippen molar-refractivity contribution in [2.24, 2.45) is 0 Å². The van der Waals surface area contributed by atoms with Crippen LogP contribution in [0.4, 0.5) is 0 Å². The summed E-state index contributed by atoms with van der Waals surface area (Å²) in [7, 11) is -8.43. The molecule has 0 heterocycles. The Hall–Kier alpha value is -2.41. The van der Waals surface area contributed by atoms with E-state index in [-0.39, 0.29) is 42.9 Å². The van der Waals surface area contributed by atoms with E-state index in [0.29, 0.717) is 25.7 Å². The molecule has 0 unspecified atom stereocenters. The van der Waals surface area contributed by atoms with E-state index in [4.69, 9.17) is 18.1 Å². The van der Waals surface area contributed by atoms with E-state index in [0.717, 1.165) is 22.3 Å². The van der Waals surface area contributed by atoms with Crippen molar-refractivity contribution in [3.05, 3.63) is 144 Å². The molecule has 8 nitrogen and oxygen atoms in total. The van der Waals surface area contributed by atoms with Crippen LogP contribution >= 0.6 is 15.6 Å². The predicted molar refractivity (Wildman–Crippen MR) is 160 cm³/mol. The number of hydrogen-bond donors (Lipinski definition) is 0. The van der Waals surface area contributed by atoms with Gasteiger partial charge in [0.25, 0.3) is 15.6 Å². The Bertz CT molecular complexity index is 1160. The molecule has 0 aliphatic rings. The molecule has 4 aromatic rings. The van der Waals surface area contributed by atoms with Gasteiger partial charge in [-0.2, -0.15) is 0 Å². The van der Waals surface area contributed by atoms with E-state index in [1.54, 1.807) is 0 Å². The zero-order valence-electron chi connectivity index (χ0n) is 23.7. The zero-order chi connectivity index (χ0) is 29.9. The molecule has 0 radical (unpaired) electrons. The smallest absolute Gasteiger partial charge is 0.756 e. The fraction of sp³-hybridized carbons (Fsp3) is 0.250. The Kier molecular flexibility index (Phi) is 17.6. The van der Waals surface area contributed by atoms with Gasteiger partial charge < -0.3 is 27.9 Å². The van der Waals surface area contributed by atoms with E-state index < -0.39 is 15.6 Å². The van der Waals surface area contributed by atoms with Gasteiger partial charge in [-0.15, -0.1) is 0 Å². The van der Waals surface area contributed by atoms with Crippen LogP contribution in [0, 0.1) is 0 Å². The minimum Gasteiger partial charge on any atom is -0.756 e. The number of benzene rings is 4. The molecule has 4 aromatic carbocycles. The van der Waals surface area contributed by atoms with Crippen LogP contribution in [0.15, 0.2) is 121 Å². The largest absolute Gasteiger partial charge is 2.00 e. The van der Waals surface area contributed by atoms with E-state index in [2.05, 4.69) is 0 Å². The molecule has 0 spiro atoms. The van der Waals surface area contributed by atoms with Crippen LogP contribution < -0.4 is 9.79 Å². The maximum absolute atomic E-state index is 11.6. The van der Waals surface area contributed by atoms with Crippen molar-refractivity contribution >= 4 is 15.6 Å². The molecular weight excluding hydrogens is 633 g/mol. The first-order valence-corrected chi connectivity index (χ1v) is 16.6. The van der Waals surface area contributed by atoms with E-state index in [9.17, 15) is 18.9 Å². The van der Waals surface area contributed by atoms with Crippen LogP contribution in [0.2, 0.25) is 0 Å². The molecule has 11 heteroatoms. The third kappa shape index (κ3) is 16.9. The summed E-state index contributed by atoms with van der Waals surface area (Å²) in [5, 5.41) is 0. The van der Waals surface area contributed by atoms with Crippen LogP contribution in [-0.4, -0.2) is 26.4 Å². The van der Waals surface area contributed by atoms with E-state index in [1.807, 2.05) is 121 Å². The summed E-state index contributed by atoms with van der Waals surface area (Å²) in [6.07, 6.45) is 2.15. The molecule has 0 N–H and O–H groups in total. The zero-order valence-corrected chi connectivity index (χ0v) is 26.5. The standard InChI is InChI=1S/2C16H19O4P.Ni/c2*17-21(18,19-13-11-15-7-3-1-4-8-15)20-14-12-16-9-5-2-6-10-16;/h2*1-10H,11-14H2,(H,17,18);/q;;+2/p-2. The Morgan fingerprint density at radius 1 is 0.395 bits per heavy atom. The minimum atomic E-state index is -4.22. The summed E-state index contributed by atoms with van der Waals surface area (Å²) in [5.41, 5.74) is 4.12. The number of phosphoric acid groups is 2. The maximum atomic E-state index is 11.6. The van der Waals surface area contributed by atoms with Crippen molar-refractivity contribution in [1.82, 2.24) is 0 Å². The van der Waals surface area contributed by atoms with Gasteiger partial charge >= 0.3 is 16.5 Å². The molecular formula is C32H36NiO8P2. The first kappa shape index (κ1) is 36.8. The minimum absolute atomic E-state index is 0. The first-order valence-electron chi connectivity index (χ1n) is 13.7. The van der Waals surface area contributed by atoms with Crippen molar-refractivity contribution in [1.29, 1.82) is 0 Å². The van der Waals surface area contributed by atoms with Gasteiger partial charge in [-0.25, -0.2) is 0 Å². The van der Waals surface area contributed by atoms with Crippen molar-refractivity contribution in [3.8, 4) is 0 Å². The molecule has 0 aliphatic carbocycles. The fourth-order valence-electron chi connectivity index (χ4n) is 3.75. The summed E-state index contributed by atoms with van der Waals surface area (Å²) < 4.78 is 42.6. The average molecular weight is 669 g/mol. The molecule has 43 heavy (non-hydrogen) atoms. The SMILES string of the molecule is O=P([O-])(OCCc1ccccc1)OCCc1ccccc1.O=P([O-])(OCCc1ccccc1)OCCc1ccccc1.[Ni+2]. The topological polar surface area (TPSA) is 117 Å². The van der Waals surface area contributed by atoms with Gasteiger partial charge in [0, 0.05) is 0 Å². The molecule has 0 fully saturated rings. The maximum Gasteiger partial charge on any atom is 2.00 e. The monoisotopic (exact) mass is 668 g/mol. The van der Waals surface area contributed by atoms with E-state index in [1.165, 1.54) is 0 Å². The van der Waals surface area contributed by atoms with E-state index >= 15 is 0 Å². The number of phosphoric ester groups is 2. The van der Waals surface area contributed by atoms with Crippen molar-refractivity contribution in [2.45, 2.75) is 25.7 Å². The van der Waals surface area contributed by atoms with Crippen molar-refractivity contribution in [3.63, 3.8) is 0 Å². The molecule has 232 valence electrons. The second kappa shape index (κ2) is 20.5. The summed E-state index contributed by atoms with van der Waals surface area (Å²) in [6.45, 7) is 0.374. The van der Waals surface area contributed by atoms with Crippen LogP contribution in [-0.2, 0) is 69.4 Å². The van der Waals surface area contributed by atoms with Crippen LogP contribution in [0.3, 0.4) is 0 Å². The van der Waals surface area contributed by atoms with Gasteiger partial charge in [0.05, 0.1) is 26.4 Å². The second-order valence-electron chi connectivity index (χ2n) is 9.17. The molecule has 4 rings (SSSR count). The normalized spacial score (nSPS) is 11.2. The van der Waals surface area contributed by atoms with Gasteiger partial charge in [0.1, 0.15) is 0 Å². The Balaban J connectivity index is 0.000000293. The molecule has 0 amide bonds. The van der Waals surface area contributed by atoms with Crippen molar-refractivity contribution in [2.75, 3.05) is 26.4 Å². The number of rotatable bonds is 16. The Morgan fingerprint density at radius 2 is 0.581 bits per heavy atom. The summed E-state index contributed by atoms with van der Waals surface area (Å²) in [4.78, 5) is 23.2. The summed E-state index contributed by atoms with van der Waals surface area (Å²) in [5.74, 6) is 0. The molecule has 0 aliphatic heterocycles. The average Bonchev–Trinajstić information content (AvgIpc) is 2.99. The van der Waals surface area contributed by atoms with Gasteiger partial charge in [0.15, 0.2) is 0 Å². The third-order valence-corrected chi connectivity index (χ3v) is 7.93. The summed E-state index contributed by atoms with van der Waals surface area (Å²) in [6, 6.07) is 38.3. The van der Waals surface area contributed by atoms with Gasteiger partial charge in [-0.1, -0.05) is 121 Å². The van der Waals surface area contributed by atoms with Gasteiger partial charge in [-0.05, 0) is 47.9 Å². The summed E-state index contributed by atoms with van der Waals surface area (Å²) >= 11 is 0. The van der Waals surface area contributed by atoms with Crippen LogP contribution in [0.5, 0.6) is 0 Å². The van der Waals surface area contributed by atoms with Crippen LogP contribution in [0.1, 0.15) is 22.3 Å². The quantitative estimate of drug-likeness (QED) is 0.106. The fourth-order valence-corrected chi connectivity index (χ4v) is 5.16. The molecule has 0 saturated carbocycles. The molecule has 0 saturated heterocycles.